The van der Waals surface area contributed by atoms with Crippen LogP contribution < -0.4 is 10.6 Å². The fraction of sp³-hybridized carbons (Fsp3) is 0.500. The Labute approximate surface area is 104 Å². The fourth-order valence-corrected chi connectivity index (χ4v) is 1.78. The van der Waals surface area contributed by atoms with E-state index in [2.05, 4.69) is 0 Å². The number of rotatable bonds is 5. The molecule has 0 aliphatic carbocycles. The summed E-state index contributed by atoms with van der Waals surface area (Å²) >= 11 is 0. The smallest absolute Gasteiger partial charge is 0.227 e. The van der Waals surface area contributed by atoms with Crippen LogP contribution >= 0.6 is 0 Å². The summed E-state index contributed by atoms with van der Waals surface area (Å²) in [5.74, 6) is 0.149. The third-order valence-electron chi connectivity index (χ3n) is 2.74. The normalized spacial score (nSPS) is 12.2. The van der Waals surface area contributed by atoms with E-state index in [0.29, 0.717) is 13.0 Å². The van der Waals surface area contributed by atoms with Gasteiger partial charge in [-0.1, -0.05) is 12.1 Å². The van der Waals surface area contributed by atoms with Crippen molar-refractivity contribution in [2.24, 2.45) is 5.73 Å². The Balaban J connectivity index is 2.74. The second kappa shape index (κ2) is 6.40. The van der Waals surface area contributed by atoms with Crippen molar-refractivity contribution in [3.8, 4) is 0 Å². The molecule has 0 saturated carbocycles. The first kappa shape index (κ1) is 13.7. The van der Waals surface area contributed by atoms with Gasteiger partial charge >= 0.3 is 0 Å². The van der Waals surface area contributed by atoms with Gasteiger partial charge in [-0.25, -0.2) is 0 Å². The molecule has 17 heavy (non-hydrogen) atoms. The Morgan fingerprint density at radius 3 is 2.71 bits per heavy atom. The van der Waals surface area contributed by atoms with E-state index in [1.54, 1.807) is 0 Å². The molecule has 0 aliphatic rings. The molecule has 1 aromatic carbocycles. The standard InChI is InChI=1S/C14H22N2O/c1-4-16(14(17)9-8-12(3)15)13-7-5-6-11(2)10-13/h5-7,10,12H,4,8-9,15H2,1-3H3. The van der Waals surface area contributed by atoms with Crippen LogP contribution in [0.25, 0.3) is 0 Å². The van der Waals surface area contributed by atoms with Crippen LogP contribution in [0.2, 0.25) is 0 Å². The lowest BCUT2D eigenvalue weighted by Gasteiger charge is -2.22. The van der Waals surface area contributed by atoms with E-state index < -0.39 is 0 Å². The van der Waals surface area contributed by atoms with E-state index in [4.69, 9.17) is 5.73 Å². The first-order valence-electron chi connectivity index (χ1n) is 6.17. The maximum absolute atomic E-state index is 12.1. The minimum Gasteiger partial charge on any atom is -0.328 e. The lowest BCUT2D eigenvalue weighted by molar-refractivity contribution is -0.118. The highest BCUT2D eigenvalue weighted by molar-refractivity contribution is 5.93. The third kappa shape index (κ3) is 4.19. The number of carbonyl (C=O) groups excluding carboxylic acids is 1. The molecule has 0 bridgehead atoms. The van der Waals surface area contributed by atoms with E-state index in [-0.39, 0.29) is 11.9 Å². The Hall–Kier alpha value is -1.35. The fourth-order valence-electron chi connectivity index (χ4n) is 1.78. The minimum atomic E-state index is 0.0789. The van der Waals surface area contributed by atoms with Crippen molar-refractivity contribution in [1.29, 1.82) is 0 Å². The topological polar surface area (TPSA) is 46.3 Å². The van der Waals surface area contributed by atoms with E-state index >= 15 is 0 Å². The lowest BCUT2D eigenvalue weighted by Crippen LogP contribution is -2.31. The van der Waals surface area contributed by atoms with Crippen molar-refractivity contribution in [1.82, 2.24) is 0 Å². The molecule has 1 atom stereocenters. The molecule has 0 heterocycles. The predicted octanol–water partition coefficient (Wildman–Crippen LogP) is 2.48. The summed E-state index contributed by atoms with van der Waals surface area (Å²) in [6.07, 6.45) is 1.25. The molecule has 3 nitrogen and oxygen atoms in total. The van der Waals surface area contributed by atoms with Crippen molar-refractivity contribution in [3.63, 3.8) is 0 Å². The summed E-state index contributed by atoms with van der Waals surface area (Å²) in [7, 11) is 0. The lowest BCUT2D eigenvalue weighted by atomic mass is 10.1. The Kier molecular flexibility index (Phi) is 5.16. The average Bonchev–Trinajstić information content (AvgIpc) is 2.27. The molecule has 0 saturated heterocycles. The maximum atomic E-state index is 12.1. The van der Waals surface area contributed by atoms with Crippen molar-refractivity contribution in [2.45, 2.75) is 39.7 Å². The maximum Gasteiger partial charge on any atom is 0.227 e. The summed E-state index contributed by atoms with van der Waals surface area (Å²) in [4.78, 5) is 13.9. The molecule has 0 aliphatic heterocycles. The summed E-state index contributed by atoms with van der Waals surface area (Å²) in [5, 5.41) is 0. The number of hydrogen-bond donors (Lipinski definition) is 1. The van der Waals surface area contributed by atoms with Gasteiger partial charge < -0.3 is 10.6 Å². The van der Waals surface area contributed by atoms with Crippen molar-refractivity contribution < 1.29 is 4.79 Å². The first-order valence-corrected chi connectivity index (χ1v) is 6.17. The largest absolute Gasteiger partial charge is 0.328 e. The molecule has 1 aromatic rings. The summed E-state index contributed by atoms with van der Waals surface area (Å²) in [5.41, 5.74) is 7.82. The molecule has 0 spiro atoms. The average molecular weight is 234 g/mol. The Morgan fingerprint density at radius 1 is 1.47 bits per heavy atom. The van der Waals surface area contributed by atoms with E-state index in [1.165, 1.54) is 5.56 Å². The zero-order chi connectivity index (χ0) is 12.8. The van der Waals surface area contributed by atoms with Crippen molar-refractivity contribution >= 4 is 11.6 Å². The van der Waals surface area contributed by atoms with Crippen LogP contribution in [0.15, 0.2) is 24.3 Å². The highest BCUT2D eigenvalue weighted by atomic mass is 16.2. The summed E-state index contributed by atoms with van der Waals surface area (Å²) < 4.78 is 0. The zero-order valence-electron chi connectivity index (χ0n) is 10.9. The second-order valence-corrected chi connectivity index (χ2v) is 4.49. The molecule has 0 fully saturated rings. The van der Waals surface area contributed by atoms with Gasteiger partial charge in [-0.15, -0.1) is 0 Å². The second-order valence-electron chi connectivity index (χ2n) is 4.49. The van der Waals surface area contributed by atoms with Gasteiger partial charge in [0, 0.05) is 24.7 Å². The van der Waals surface area contributed by atoms with Crippen LogP contribution in [0.5, 0.6) is 0 Å². The first-order chi connectivity index (χ1) is 8.04. The molecule has 94 valence electrons. The Morgan fingerprint density at radius 2 is 2.18 bits per heavy atom. The van der Waals surface area contributed by atoms with Gasteiger partial charge in [0.15, 0.2) is 0 Å². The van der Waals surface area contributed by atoms with Gasteiger partial charge in [0.25, 0.3) is 0 Å². The molecular formula is C14H22N2O. The number of aryl methyl sites for hydroxylation is 1. The van der Waals surface area contributed by atoms with E-state index in [1.807, 2.05) is 49.9 Å². The third-order valence-corrected chi connectivity index (χ3v) is 2.74. The molecule has 1 amide bonds. The Bertz CT molecular complexity index is 374. The van der Waals surface area contributed by atoms with Crippen LogP contribution in [0, 0.1) is 6.92 Å². The number of nitrogens with two attached hydrogens (primary N) is 1. The zero-order valence-corrected chi connectivity index (χ0v) is 10.9. The van der Waals surface area contributed by atoms with Gasteiger partial charge in [-0.2, -0.15) is 0 Å². The van der Waals surface area contributed by atoms with E-state index in [0.717, 1.165) is 12.1 Å². The quantitative estimate of drug-likeness (QED) is 0.850. The van der Waals surface area contributed by atoms with Gasteiger partial charge in [-0.05, 0) is 44.9 Å². The molecule has 3 heteroatoms. The number of benzene rings is 1. The molecule has 0 aromatic heterocycles. The number of anilines is 1. The molecular weight excluding hydrogens is 212 g/mol. The summed E-state index contributed by atoms with van der Waals surface area (Å²) in [6.45, 7) is 6.65. The number of hydrogen-bond acceptors (Lipinski definition) is 2. The molecule has 2 N–H and O–H groups in total. The molecule has 1 unspecified atom stereocenters. The van der Waals surface area contributed by atoms with Crippen LogP contribution in [0.4, 0.5) is 5.69 Å². The SMILES string of the molecule is CCN(C(=O)CCC(C)N)c1cccc(C)c1. The highest BCUT2D eigenvalue weighted by Crippen LogP contribution is 2.17. The summed E-state index contributed by atoms with van der Waals surface area (Å²) in [6, 6.07) is 8.10. The molecule has 1 rings (SSSR count). The van der Waals surface area contributed by atoms with Gasteiger partial charge in [0.05, 0.1) is 0 Å². The van der Waals surface area contributed by atoms with Gasteiger partial charge in [0.2, 0.25) is 5.91 Å². The van der Waals surface area contributed by atoms with Crippen LogP contribution in [0.1, 0.15) is 32.3 Å². The van der Waals surface area contributed by atoms with Gasteiger partial charge in [0.1, 0.15) is 0 Å². The van der Waals surface area contributed by atoms with Crippen molar-refractivity contribution in [3.05, 3.63) is 29.8 Å². The van der Waals surface area contributed by atoms with E-state index in [9.17, 15) is 4.79 Å². The monoisotopic (exact) mass is 234 g/mol. The molecule has 0 radical (unpaired) electrons. The van der Waals surface area contributed by atoms with Crippen LogP contribution in [0.3, 0.4) is 0 Å². The number of carbonyl (C=O) groups is 1. The van der Waals surface area contributed by atoms with Gasteiger partial charge in [-0.3, -0.25) is 4.79 Å². The highest BCUT2D eigenvalue weighted by Gasteiger charge is 2.13. The minimum absolute atomic E-state index is 0.0789. The predicted molar refractivity (Wildman–Crippen MR) is 72.1 cm³/mol. The van der Waals surface area contributed by atoms with Crippen LogP contribution in [-0.2, 0) is 4.79 Å². The van der Waals surface area contributed by atoms with Crippen molar-refractivity contribution in [2.75, 3.05) is 11.4 Å². The van der Waals surface area contributed by atoms with Crippen LogP contribution in [-0.4, -0.2) is 18.5 Å². The number of nitrogens with zero attached hydrogens (tertiary/aromatic N) is 1. The number of amides is 1.